The Balaban J connectivity index is 3.85. The van der Waals surface area contributed by atoms with Crippen molar-refractivity contribution < 1.29 is 9.90 Å². The molecule has 0 saturated carbocycles. The summed E-state index contributed by atoms with van der Waals surface area (Å²) in [5, 5.41) is 8.60. The maximum Gasteiger partial charge on any atom is 0.303 e. The highest BCUT2D eigenvalue weighted by Crippen LogP contribution is 2.01. The normalized spacial score (nSPS) is 11.7. The molecule has 4 nitrogen and oxygen atoms in total. The van der Waals surface area contributed by atoms with E-state index in [1.54, 1.807) is 0 Å². The number of hydrogen-bond acceptors (Lipinski definition) is 3. The monoisotopic (exact) mass is 230 g/mol. The molecule has 0 aliphatic rings. The minimum atomic E-state index is -0.697. The third-order valence-electron chi connectivity index (χ3n) is 2.35. The average molecular weight is 230 g/mol. The van der Waals surface area contributed by atoms with Gasteiger partial charge in [-0.3, -0.25) is 4.79 Å². The predicted molar refractivity (Wildman–Crippen MR) is 66.7 cm³/mol. The van der Waals surface area contributed by atoms with Crippen LogP contribution in [0.15, 0.2) is 0 Å². The molecule has 0 aromatic rings. The van der Waals surface area contributed by atoms with Gasteiger partial charge in [0.15, 0.2) is 0 Å². The van der Waals surface area contributed by atoms with Crippen molar-refractivity contribution in [1.29, 1.82) is 0 Å². The van der Waals surface area contributed by atoms with E-state index in [-0.39, 0.29) is 6.42 Å². The van der Waals surface area contributed by atoms with Crippen molar-refractivity contribution in [3.63, 3.8) is 0 Å². The molecule has 0 fully saturated rings. The molecule has 0 aliphatic heterocycles. The van der Waals surface area contributed by atoms with Gasteiger partial charge in [-0.05, 0) is 33.0 Å². The number of carboxylic acids is 1. The maximum absolute atomic E-state index is 10.4. The van der Waals surface area contributed by atoms with E-state index in [2.05, 4.69) is 37.7 Å². The van der Waals surface area contributed by atoms with Gasteiger partial charge in [0.25, 0.3) is 0 Å². The van der Waals surface area contributed by atoms with Gasteiger partial charge in [0, 0.05) is 26.1 Å². The molecular weight excluding hydrogens is 204 g/mol. The minimum Gasteiger partial charge on any atom is -0.481 e. The number of nitrogens with zero attached hydrogens (tertiary/aromatic N) is 2. The molecule has 0 aromatic heterocycles. The first kappa shape index (κ1) is 15.4. The first-order valence-electron chi connectivity index (χ1n) is 6.00. The van der Waals surface area contributed by atoms with Crippen molar-refractivity contribution in [1.82, 2.24) is 9.80 Å². The summed E-state index contributed by atoms with van der Waals surface area (Å²) < 4.78 is 0. The summed E-state index contributed by atoms with van der Waals surface area (Å²) in [6.07, 6.45) is 1.02. The summed E-state index contributed by atoms with van der Waals surface area (Å²) in [6, 6.07) is 0. The fraction of sp³-hybridized carbons (Fsp3) is 0.917. The quantitative estimate of drug-likeness (QED) is 0.650. The molecule has 0 bridgehead atoms. The molecule has 0 saturated heterocycles. The lowest BCUT2D eigenvalue weighted by molar-refractivity contribution is -0.137. The molecule has 1 N–H and O–H groups in total. The third-order valence-corrected chi connectivity index (χ3v) is 2.35. The summed E-state index contributed by atoms with van der Waals surface area (Å²) in [7, 11) is 4.12. The number of hydrogen-bond donors (Lipinski definition) is 1. The Morgan fingerprint density at radius 2 is 1.81 bits per heavy atom. The van der Waals surface area contributed by atoms with Gasteiger partial charge in [-0.1, -0.05) is 13.8 Å². The van der Waals surface area contributed by atoms with Gasteiger partial charge in [0.05, 0.1) is 0 Å². The zero-order valence-electron chi connectivity index (χ0n) is 11.1. The van der Waals surface area contributed by atoms with Crippen LogP contribution in [0.2, 0.25) is 0 Å². The second kappa shape index (κ2) is 8.53. The van der Waals surface area contributed by atoms with Crippen molar-refractivity contribution in [2.24, 2.45) is 5.92 Å². The summed E-state index contributed by atoms with van der Waals surface area (Å²) in [5.41, 5.74) is 0. The Labute approximate surface area is 99.2 Å². The molecule has 96 valence electrons. The van der Waals surface area contributed by atoms with Crippen LogP contribution in [0.3, 0.4) is 0 Å². The molecule has 4 heteroatoms. The lowest BCUT2D eigenvalue weighted by atomic mass is 10.2. The second-order valence-electron chi connectivity index (χ2n) is 5.00. The third kappa shape index (κ3) is 9.93. The Hall–Kier alpha value is -0.610. The Morgan fingerprint density at radius 1 is 1.19 bits per heavy atom. The van der Waals surface area contributed by atoms with Crippen molar-refractivity contribution >= 4 is 5.97 Å². The van der Waals surface area contributed by atoms with Crippen molar-refractivity contribution in [2.45, 2.75) is 26.7 Å². The van der Waals surface area contributed by atoms with E-state index in [1.807, 2.05) is 0 Å². The summed E-state index contributed by atoms with van der Waals surface area (Å²) in [4.78, 5) is 15.0. The number of carboxylic acid groups (broad SMARTS) is 1. The Morgan fingerprint density at radius 3 is 2.25 bits per heavy atom. The largest absolute Gasteiger partial charge is 0.481 e. The number of aliphatic carboxylic acids is 1. The van der Waals surface area contributed by atoms with Gasteiger partial charge in [-0.15, -0.1) is 0 Å². The lowest BCUT2D eigenvalue weighted by Gasteiger charge is -2.25. The van der Waals surface area contributed by atoms with Crippen LogP contribution in [0.5, 0.6) is 0 Å². The molecule has 0 radical (unpaired) electrons. The minimum absolute atomic E-state index is 0.274. The van der Waals surface area contributed by atoms with Crippen LogP contribution in [0, 0.1) is 5.92 Å². The second-order valence-corrected chi connectivity index (χ2v) is 5.00. The zero-order chi connectivity index (χ0) is 12.6. The SMILES string of the molecule is CC(C)CN(CCCC(=O)O)CCN(C)C. The molecular formula is C12H26N2O2. The van der Waals surface area contributed by atoms with Gasteiger partial charge >= 0.3 is 5.97 Å². The van der Waals surface area contributed by atoms with Crippen LogP contribution in [0.25, 0.3) is 0 Å². The first-order valence-corrected chi connectivity index (χ1v) is 6.00. The number of carbonyl (C=O) groups is 1. The molecule has 0 aliphatic carbocycles. The van der Waals surface area contributed by atoms with Crippen LogP contribution in [0.4, 0.5) is 0 Å². The van der Waals surface area contributed by atoms with Gasteiger partial charge in [0.1, 0.15) is 0 Å². The highest BCUT2D eigenvalue weighted by atomic mass is 16.4. The smallest absolute Gasteiger partial charge is 0.303 e. The Kier molecular flexibility index (Phi) is 8.21. The van der Waals surface area contributed by atoms with E-state index >= 15 is 0 Å². The van der Waals surface area contributed by atoms with Crippen LogP contribution < -0.4 is 0 Å². The zero-order valence-corrected chi connectivity index (χ0v) is 11.1. The van der Waals surface area contributed by atoms with E-state index < -0.39 is 5.97 Å². The van der Waals surface area contributed by atoms with Crippen LogP contribution >= 0.6 is 0 Å². The van der Waals surface area contributed by atoms with Crippen molar-refractivity contribution in [2.75, 3.05) is 40.3 Å². The van der Waals surface area contributed by atoms with Gasteiger partial charge in [0.2, 0.25) is 0 Å². The van der Waals surface area contributed by atoms with Gasteiger partial charge < -0.3 is 14.9 Å². The lowest BCUT2D eigenvalue weighted by Crippen LogP contribution is -2.35. The molecule has 16 heavy (non-hydrogen) atoms. The number of rotatable bonds is 9. The highest BCUT2D eigenvalue weighted by molar-refractivity contribution is 5.66. The molecule has 0 rings (SSSR count). The first-order chi connectivity index (χ1) is 7.41. The standard InChI is InChI=1S/C12H26N2O2/c1-11(2)10-14(9-8-13(3)4)7-5-6-12(15)16/h11H,5-10H2,1-4H3,(H,15,16). The molecule has 0 heterocycles. The average Bonchev–Trinajstić information content (AvgIpc) is 2.12. The maximum atomic E-state index is 10.4. The van der Waals surface area contributed by atoms with Gasteiger partial charge in [-0.2, -0.15) is 0 Å². The molecule has 0 amide bonds. The summed E-state index contributed by atoms with van der Waals surface area (Å²) in [6.45, 7) is 8.37. The van der Waals surface area contributed by atoms with Crippen LogP contribution in [-0.4, -0.2) is 61.2 Å². The van der Waals surface area contributed by atoms with Crippen molar-refractivity contribution in [3.05, 3.63) is 0 Å². The van der Waals surface area contributed by atoms with E-state index in [0.717, 1.165) is 32.6 Å². The molecule has 0 aromatic carbocycles. The summed E-state index contributed by atoms with van der Waals surface area (Å²) in [5.74, 6) is -0.0657. The molecule has 0 spiro atoms. The van der Waals surface area contributed by atoms with E-state index in [1.165, 1.54) is 0 Å². The van der Waals surface area contributed by atoms with E-state index in [4.69, 9.17) is 5.11 Å². The fourth-order valence-corrected chi connectivity index (χ4v) is 1.61. The van der Waals surface area contributed by atoms with Crippen LogP contribution in [0.1, 0.15) is 26.7 Å². The van der Waals surface area contributed by atoms with Gasteiger partial charge in [-0.25, -0.2) is 0 Å². The fourth-order valence-electron chi connectivity index (χ4n) is 1.61. The topological polar surface area (TPSA) is 43.8 Å². The van der Waals surface area contributed by atoms with E-state index in [9.17, 15) is 4.79 Å². The molecule has 0 unspecified atom stereocenters. The van der Waals surface area contributed by atoms with Crippen LogP contribution in [-0.2, 0) is 4.79 Å². The predicted octanol–water partition coefficient (Wildman–Crippen LogP) is 1.37. The molecule has 0 atom stereocenters. The highest BCUT2D eigenvalue weighted by Gasteiger charge is 2.08. The van der Waals surface area contributed by atoms with Crippen molar-refractivity contribution in [3.8, 4) is 0 Å². The Bertz CT molecular complexity index is 193. The summed E-state index contributed by atoms with van der Waals surface area (Å²) >= 11 is 0. The number of likely N-dealkylation sites (N-methyl/N-ethyl adjacent to an activating group) is 1. The van der Waals surface area contributed by atoms with E-state index in [0.29, 0.717) is 5.92 Å².